The van der Waals surface area contributed by atoms with Crippen molar-refractivity contribution in [2.45, 2.75) is 19.9 Å². The van der Waals surface area contributed by atoms with E-state index in [4.69, 9.17) is 4.42 Å². The summed E-state index contributed by atoms with van der Waals surface area (Å²) in [5.74, 6) is 0.686. The monoisotopic (exact) mass is 320 g/mol. The lowest BCUT2D eigenvalue weighted by molar-refractivity contribution is 0.0912. The van der Waals surface area contributed by atoms with E-state index < -0.39 is 0 Å². The lowest BCUT2D eigenvalue weighted by Crippen LogP contribution is -2.27. The molecule has 1 N–H and O–H groups in total. The van der Waals surface area contributed by atoms with Crippen LogP contribution in [0.15, 0.2) is 53.1 Å². The van der Waals surface area contributed by atoms with Crippen LogP contribution in [0.2, 0.25) is 0 Å². The molecule has 0 bridgehead atoms. The summed E-state index contributed by atoms with van der Waals surface area (Å²) in [4.78, 5) is 12.5. The molecule has 0 aliphatic rings. The maximum atomic E-state index is 12.5. The van der Waals surface area contributed by atoms with Gasteiger partial charge in [0.1, 0.15) is 5.58 Å². The molecule has 6 heteroatoms. The topological polar surface area (TPSA) is 72.4 Å². The normalized spacial score (nSPS) is 12.6. The Labute approximate surface area is 138 Å². The zero-order chi connectivity index (χ0) is 16.7. The van der Waals surface area contributed by atoms with Gasteiger partial charge in [0.25, 0.3) is 5.91 Å². The zero-order valence-corrected chi connectivity index (χ0v) is 13.4. The minimum absolute atomic E-state index is 0.274. The van der Waals surface area contributed by atoms with E-state index in [-0.39, 0.29) is 17.7 Å². The molecule has 1 amide bonds. The Morgan fingerprint density at radius 1 is 1.21 bits per heavy atom. The van der Waals surface area contributed by atoms with E-state index >= 15 is 0 Å². The quantitative estimate of drug-likeness (QED) is 0.629. The van der Waals surface area contributed by atoms with Crippen LogP contribution in [-0.2, 0) is 0 Å². The second-order valence-corrected chi connectivity index (χ2v) is 5.83. The molecule has 4 rings (SSSR count). The molecule has 3 heterocycles. The van der Waals surface area contributed by atoms with E-state index in [0.717, 1.165) is 16.6 Å². The number of nitrogens with zero attached hydrogens (tertiary/aromatic N) is 3. The van der Waals surface area contributed by atoms with Gasteiger partial charge in [-0.25, -0.2) is 0 Å². The number of fused-ring (bicyclic) bond motifs is 2. The average Bonchev–Trinajstić information content (AvgIpc) is 3.18. The number of benzene rings is 1. The van der Waals surface area contributed by atoms with Crippen LogP contribution in [-0.4, -0.2) is 20.5 Å². The number of rotatable bonds is 3. The first-order valence-electron chi connectivity index (χ1n) is 7.72. The largest absolute Gasteiger partial charge is 0.451 e. The van der Waals surface area contributed by atoms with Crippen molar-refractivity contribution in [3.63, 3.8) is 0 Å². The number of carbonyl (C=O) groups excluding carboxylic acids is 1. The van der Waals surface area contributed by atoms with Crippen molar-refractivity contribution < 1.29 is 9.21 Å². The molecule has 0 fully saturated rings. The molecule has 0 aliphatic carbocycles. The highest BCUT2D eigenvalue weighted by molar-refractivity contribution is 5.96. The average molecular weight is 320 g/mol. The SMILES string of the molecule is Cc1ccc2oc(C(=O)NC(C)c3nnc4ccccn34)cc2c1. The van der Waals surface area contributed by atoms with Gasteiger partial charge in [0.2, 0.25) is 0 Å². The summed E-state index contributed by atoms with van der Waals surface area (Å²) in [5, 5.41) is 12.1. The first-order valence-corrected chi connectivity index (χ1v) is 7.72. The van der Waals surface area contributed by atoms with Gasteiger partial charge in [-0.1, -0.05) is 17.7 Å². The van der Waals surface area contributed by atoms with Gasteiger partial charge in [-0.05, 0) is 44.2 Å². The summed E-state index contributed by atoms with van der Waals surface area (Å²) in [6.07, 6.45) is 1.87. The summed E-state index contributed by atoms with van der Waals surface area (Å²) in [6.45, 7) is 3.87. The first kappa shape index (κ1) is 14.4. The fourth-order valence-electron chi connectivity index (χ4n) is 2.76. The molecule has 1 aromatic carbocycles. The third-order valence-corrected chi connectivity index (χ3v) is 3.97. The third-order valence-electron chi connectivity index (χ3n) is 3.97. The Morgan fingerprint density at radius 3 is 2.96 bits per heavy atom. The number of nitrogens with one attached hydrogen (secondary N) is 1. The highest BCUT2D eigenvalue weighted by Crippen LogP contribution is 2.21. The molecule has 0 saturated heterocycles. The van der Waals surface area contributed by atoms with Gasteiger partial charge < -0.3 is 9.73 Å². The third kappa shape index (κ3) is 2.42. The van der Waals surface area contributed by atoms with E-state index in [1.807, 2.05) is 60.8 Å². The minimum atomic E-state index is -0.301. The van der Waals surface area contributed by atoms with Crippen LogP contribution < -0.4 is 5.32 Å². The van der Waals surface area contributed by atoms with Crippen molar-refractivity contribution >= 4 is 22.5 Å². The van der Waals surface area contributed by atoms with Crippen LogP contribution in [0, 0.1) is 6.92 Å². The molecule has 24 heavy (non-hydrogen) atoms. The first-order chi connectivity index (χ1) is 11.6. The summed E-state index contributed by atoms with van der Waals surface area (Å²) in [7, 11) is 0. The number of aromatic nitrogens is 3. The molecule has 0 saturated carbocycles. The van der Waals surface area contributed by atoms with Gasteiger partial charge in [-0.15, -0.1) is 10.2 Å². The Balaban J connectivity index is 1.60. The lowest BCUT2D eigenvalue weighted by atomic mass is 10.2. The molecule has 0 radical (unpaired) electrons. The van der Waals surface area contributed by atoms with Gasteiger partial charge in [-0.2, -0.15) is 0 Å². The number of hydrogen-bond acceptors (Lipinski definition) is 4. The van der Waals surface area contributed by atoms with E-state index in [2.05, 4.69) is 15.5 Å². The van der Waals surface area contributed by atoms with E-state index in [1.165, 1.54) is 0 Å². The number of carbonyl (C=O) groups is 1. The van der Waals surface area contributed by atoms with Crippen molar-refractivity contribution in [1.82, 2.24) is 19.9 Å². The molecular weight excluding hydrogens is 304 g/mol. The molecular formula is C18H16N4O2. The van der Waals surface area contributed by atoms with Crippen molar-refractivity contribution in [3.05, 3.63) is 65.8 Å². The maximum absolute atomic E-state index is 12.5. The van der Waals surface area contributed by atoms with E-state index in [9.17, 15) is 4.79 Å². The molecule has 1 unspecified atom stereocenters. The van der Waals surface area contributed by atoms with Crippen molar-refractivity contribution in [3.8, 4) is 0 Å². The van der Waals surface area contributed by atoms with Crippen molar-refractivity contribution in [2.24, 2.45) is 0 Å². The minimum Gasteiger partial charge on any atom is -0.451 e. The lowest BCUT2D eigenvalue weighted by Gasteiger charge is -2.10. The van der Waals surface area contributed by atoms with Crippen LogP contribution in [0.25, 0.3) is 16.6 Å². The number of hydrogen-bond donors (Lipinski definition) is 1. The van der Waals surface area contributed by atoms with Crippen LogP contribution in [0.5, 0.6) is 0 Å². The molecule has 1 atom stereocenters. The van der Waals surface area contributed by atoms with Gasteiger partial charge in [0.05, 0.1) is 6.04 Å². The van der Waals surface area contributed by atoms with Gasteiger partial charge in [0, 0.05) is 11.6 Å². The maximum Gasteiger partial charge on any atom is 0.287 e. The molecule has 6 nitrogen and oxygen atoms in total. The summed E-state index contributed by atoms with van der Waals surface area (Å²) < 4.78 is 7.49. The van der Waals surface area contributed by atoms with Crippen LogP contribution >= 0.6 is 0 Å². The Hall–Kier alpha value is -3.15. The van der Waals surface area contributed by atoms with Gasteiger partial charge in [0.15, 0.2) is 17.2 Å². The standard InChI is InChI=1S/C18H16N4O2/c1-11-6-7-14-13(9-11)10-15(24-14)18(23)19-12(2)17-21-20-16-5-3-4-8-22(16)17/h3-10,12H,1-2H3,(H,19,23). The molecule has 0 spiro atoms. The second kappa shape index (κ2) is 5.49. The number of amides is 1. The Bertz CT molecular complexity index is 1050. The van der Waals surface area contributed by atoms with Crippen LogP contribution in [0.1, 0.15) is 34.9 Å². The van der Waals surface area contributed by atoms with Crippen molar-refractivity contribution in [1.29, 1.82) is 0 Å². The van der Waals surface area contributed by atoms with E-state index in [0.29, 0.717) is 11.4 Å². The van der Waals surface area contributed by atoms with E-state index in [1.54, 1.807) is 6.07 Å². The van der Waals surface area contributed by atoms with Gasteiger partial charge >= 0.3 is 0 Å². The molecule has 0 aliphatic heterocycles. The molecule has 120 valence electrons. The Kier molecular flexibility index (Phi) is 3.30. The summed E-state index contributed by atoms with van der Waals surface area (Å²) in [6, 6.07) is 12.9. The smallest absolute Gasteiger partial charge is 0.287 e. The summed E-state index contributed by atoms with van der Waals surface area (Å²) >= 11 is 0. The van der Waals surface area contributed by atoms with Crippen LogP contribution in [0.4, 0.5) is 0 Å². The second-order valence-electron chi connectivity index (χ2n) is 5.83. The zero-order valence-electron chi connectivity index (χ0n) is 13.4. The fourth-order valence-corrected chi connectivity index (χ4v) is 2.76. The summed E-state index contributed by atoms with van der Waals surface area (Å²) in [5.41, 5.74) is 2.57. The highest BCUT2D eigenvalue weighted by Gasteiger charge is 2.19. The predicted octanol–water partition coefficient (Wildman–Crippen LogP) is 3.27. The molecule has 3 aromatic heterocycles. The van der Waals surface area contributed by atoms with Gasteiger partial charge in [-0.3, -0.25) is 9.20 Å². The Morgan fingerprint density at radius 2 is 2.08 bits per heavy atom. The fraction of sp³-hybridized carbons (Fsp3) is 0.167. The van der Waals surface area contributed by atoms with Crippen molar-refractivity contribution in [2.75, 3.05) is 0 Å². The number of pyridine rings is 1. The number of aryl methyl sites for hydroxylation is 1. The number of furan rings is 1. The van der Waals surface area contributed by atoms with Crippen LogP contribution in [0.3, 0.4) is 0 Å². The predicted molar refractivity (Wildman–Crippen MR) is 89.8 cm³/mol. The highest BCUT2D eigenvalue weighted by atomic mass is 16.3. The molecule has 4 aromatic rings.